The average molecular weight is 490 g/mol. The lowest BCUT2D eigenvalue weighted by Gasteiger charge is -2.25. The highest BCUT2D eigenvalue weighted by molar-refractivity contribution is 14.0. The number of fused-ring (bicyclic) bond motifs is 1. The van der Waals surface area contributed by atoms with Crippen LogP contribution in [-0.2, 0) is 29.0 Å². The van der Waals surface area contributed by atoms with Crippen LogP contribution in [0.1, 0.15) is 37.8 Å². The van der Waals surface area contributed by atoms with Crippen molar-refractivity contribution in [3.05, 3.63) is 23.3 Å². The minimum atomic E-state index is 0. The van der Waals surface area contributed by atoms with Crippen LogP contribution in [0.2, 0.25) is 0 Å². The Hall–Kier alpha value is -1.20. The molecule has 1 aromatic heterocycles. The molecule has 3 heterocycles. The van der Waals surface area contributed by atoms with E-state index in [-0.39, 0.29) is 24.0 Å². The number of aryl methyl sites for hydroxylation is 1. The Morgan fingerprint density at radius 1 is 1.44 bits per heavy atom. The zero-order valence-corrected chi connectivity index (χ0v) is 18.6. The van der Waals surface area contributed by atoms with Gasteiger partial charge in [0.1, 0.15) is 12.4 Å². The monoisotopic (exact) mass is 490 g/mol. The molecule has 1 unspecified atom stereocenters. The summed E-state index contributed by atoms with van der Waals surface area (Å²) < 4.78 is 12.5. The summed E-state index contributed by atoms with van der Waals surface area (Å²) in [5.74, 6) is 2.68. The van der Waals surface area contributed by atoms with Crippen LogP contribution in [0.3, 0.4) is 0 Å². The zero-order chi connectivity index (χ0) is 18.2. The van der Waals surface area contributed by atoms with Crippen LogP contribution in [0, 0.1) is 0 Å². The van der Waals surface area contributed by atoms with Gasteiger partial charge in [-0.25, -0.2) is 9.67 Å². The lowest BCUT2D eigenvalue weighted by molar-refractivity contribution is 0.153. The summed E-state index contributed by atoms with van der Waals surface area (Å²) >= 11 is 0. The molecule has 0 spiro atoms. The third-order valence-corrected chi connectivity index (χ3v) is 4.62. The third-order valence-electron chi connectivity index (χ3n) is 4.62. The van der Waals surface area contributed by atoms with Crippen molar-refractivity contribution in [3.8, 4) is 0 Å². The molecule has 2 aliphatic heterocycles. The van der Waals surface area contributed by atoms with E-state index in [0.29, 0.717) is 12.6 Å². The number of nitrogens with zero attached hydrogens (tertiary/aromatic N) is 4. The molecule has 0 aromatic carbocycles. The summed E-state index contributed by atoms with van der Waals surface area (Å²) in [4.78, 5) is 9.27. The first kappa shape index (κ1) is 22.1. The molecule has 0 fully saturated rings. The maximum absolute atomic E-state index is 5.35. The first-order valence-electron chi connectivity index (χ1n) is 9.50. The van der Waals surface area contributed by atoms with Crippen LogP contribution in [0.5, 0.6) is 0 Å². The topological polar surface area (TPSA) is 85.6 Å². The van der Waals surface area contributed by atoms with Crippen LogP contribution in [0.25, 0.3) is 0 Å². The van der Waals surface area contributed by atoms with Gasteiger partial charge in [0.15, 0.2) is 11.8 Å². The number of hydrogen-bond donors (Lipinski definition) is 2. The number of ether oxygens (including phenoxy) is 2. The summed E-state index contributed by atoms with van der Waals surface area (Å²) in [5, 5.41) is 11.4. The van der Waals surface area contributed by atoms with Gasteiger partial charge < -0.3 is 20.1 Å². The number of nitrogens with one attached hydrogen (secondary N) is 2. The van der Waals surface area contributed by atoms with Crippen LogP contribution >= 0.6 is 24.0 Å². The Kier molecular flexibility index (Phi) is 9.49. The molecule has 8 nitrogen and oxygen atoms in total. The van der Waals surface area contributed by atoms with E-state index < -0.39 is 0 Å². The molecule has 0 radical (unpaired) electrons. The summed E-state index contributed by atoms with van der Waals surface area (Å²) in [6.07, 6.45) is 6.16. The quantitative estimate of drug-likeness (QED) is 0.262. The van der Waals surface area contributed by atoms with Crippen molar-refractivity contribution in [1.29, 1.82) is 0 Å². The number of aromatic nitrogens is 3. The lowest BCUT2D eigenvalue weighted by Crippen LogP contribution is -2.47. The number of guanidine groups is 1. The maximum Gasteiger partial charge on any atom is 0.191 e. The van der Waals surface area contributed by atoms with Crippen LogP contribution in [0.15, 0.2) is 16.6 Å². The Morgan fingerprint density at radius 3 is 3.07 bits per heavy atom. The van der Waals surface area contributed by atoms with E-state index in [0.717, 1.165) is 76.1 Å². The van der Waals surface area contributed by atoms with Gasteiger partial charge in [0.2, 0.25) is 0 Å². The van der Waals surface area contributed by atoms with E-state index in [4.69, 9.17) is 14.5 Å². The molecule has 0 aliphatic carbocycles. The minimum absolute atomic E-state index is 0. The zero-order valence-electron chi connectivity index (χ0n) is 16.2. The van der Waals surface area contributed by atoms with Gasteiger partial charge >= 0.3 is 0 Å². The second-order valence-electron chi connectivity index (χ2n) is 6.64. The molecule has 27 heavy (non-hydrogen) atoms. The summed E-state index contributed by atoms with van der Waals surface area (Å²) in [7, 11) is 1.67. The number of hydrogen-bond acceptors (Lipinski definition) is 5. The Balaban J connectivity index is 0.00000261. The maximum atomic E-state index is 5.35. The van der Waals surface area contributed by atoms with E-state index in [1.165, 1.54) is 5.57 Å². The van der Waals surface area contributed by atoms with Gasteiger partial charge in [-0.05, 0) is 26.2 Å². The highest BCUT2D eigenvalue weighted by Gasteiger charge is 2.22. The van der Waals surface area contributed by atoms with Crippen molar-refractivity contribution in [2.45, 2.75) is 51.8 Å². The molecule has 3 rings (SSSR count). The first-order valence-corrected chi connectivity index (χ1v) is 9.50. The second-order valence-corrected chi connectivity index (χ2v) is 6.64. The Labute approximate surface area is 178 Å². The Bertz CT molecular complexity index is 646. The molecule has 152 valence electrons. The highest BCUT2D eigenvalue weighted by atomic mass is 127. The van der Waals surface area contributed by atoms with Crippen molar-refractivity contribution >= 4 is 29.9 Å². The fraction of sp³-hybridized carbons (Fsp3) is 0.722. The molecule has 0 saturated heterocycles. The van der Waals surface area contributed by atoms with Crippen LogP contribution < -0.4 is 10.6 Å². The fourth-order valence-electron chi connectivity index (χ4n) is 3.29. The average Bonchev–Trinajstić information content (AvgIpc) is 3.05. The molecule has 9 heteroatoms. The molecule has 1 aromatic rings. The van der Waals surface area contributed by atoms with Gasteiger partial charge in [-0.2, -0.15) is 5.10 Å². The predicted octanol–water partition coefficient (Wildman–Crippen LogP) is 1.65. The number of methoxy groups -OCH3 is 1. The number of rotatable bonds is 7. The van der Waals surface area contributed by atoms with Crippen molar-refractivity contribution in [1.82, 2.24) is 25.4 Å². The minimum Gasteiger partial charge on any atom is -0.377 e. The smallest absolute Gasteiger partial charge is 0.191 e. The summed E-state index contributed by atoms with van der Waals surface area (Å²) in [5.41, 5.74) is 1.45. The summed E-state index contributed by atoms with van der Waals surface area (Å²) in [6.45, 7) is 6.57. The van der Waals surface area contributed by atoms with E-state index in [1.807, 2.05) is 4.68 Å². The molecule has 0 amide bonds. The predicted molar refractivity (Wildman–Crippen MR) is 116 cm³/mol. The van der Waals surface area contributed by atoms with Crippen molar-refractivity contribution < 1.29 is 9.47 Å². The van der Waals surface area contributed by atoms with Gasteiger partial charge in [-0.3, -0.25) is 4.99 Å². The molecule has 0 saturated carbocycles. The number of halogens is 1. The van der Waals surface area contributed by atoms with E-state index in [9.17, 15) is 0 Å². The van der Waals surface area contributed by atoms with Crippen molar-refractivity contribution in [3.63, 3.8) is 0 Å². The second kappa shape index (κ2) is 11.6. The lowest BCUT2D eigenvalue weighted by atomic mass is 10.1. The van der Waals surface area contributed by atoms with Gasteiger partial charge in [0.25, 0.3) is 0 Å². The molecular formula is C18H31IN6O2. The molecule has 1 atom stereocenters. The Morgan fingerprint density at radius 2 is 2.33 bits per heavy atom. The standard InChI is InChI=1S/C18H30N6O2.HI/c1-3-19-18(20-9-6-14-7-10-26-11-8-14)21-15-4-5-17-22-16(13-25-2)23-24(17)12-15;/h7,15H,3-6,8-13H2,1-2H3,(H2,19,20,21);1H. The molecular weight excluding hydrogens is 459 g/mol. The van der Waals surface area contributed by atoms with E-state index in [2.05, 4.69) is 33.7 Å². The fourth-order valence-corrected chi connectivity index (χ4v) is 3.29. The molecule has 2 aliphatic rings. The van der Waals surface area contributed by atoms with Crippen molar-refractivity contribution in [2.24, 2.45) is 4.99 Å². The molecule has 0 bridgehead atoms. The SMILES string of the molecule is CCNC(=NCCC1=CCOCC1)NC1CCc2nc(COC)nn2C1.I. The largest absolute Gasteiger partial charge is 0.377 e. The van der Waals surface area contributed by atoms with Gasteiger partial charge in [0.05, 0.1) is 19.8 Å². The number of aliphatic imine (C=N–C) groups is 1. The van der Waals surface area contributed by atoms with Crippen molar-refractivity contribution in [2.75, 3.05) is 33.4 Å². The van der Waals surface area contributed by atoms with Crippen LogP contribution in [0.4, 0.5) is 0 Å². The molecule has 2 N–H and O–H groups in total. The first-order chi connectivity index (χ1) is 12.8. The van der Waals surface area contributed by atoms with Gasteiger partial charge in [-0.15, -0.1) is 24.0 Å². The third kappa shape index (κ3) is 6.72. The van der Waals surface area contributed by atoms with Gasteiger partial charge in [0, 0.05) is 32.7 Å². The van der Waals surface area contributed by atoms with E-state index in [1.54, 1.807) is 7.11 Å². The van der Waals surface area contributed by atoms with Crippen LogP contribution in [-0.4, -0.2) is 60.2 Å². The normalized spacial score (nSPS) is 19.7. The summed E-state index contributed by atoms with van der Waals surface area (Å²) in [6, 6.07) is 0.305. The highest BCUT2D eigenvalue weighted by Crippen LogP contribution is 2.14. The van der Waals surface area contributed by atoms with Gasteiger partial charge in [-0.1, -0.05) is 11.6 Å². The van der Waals surface area contributed by atoms with E-state index >= 15 is 0 Å².